The predicted molar refractivity (Wildman–Crippen MR) is 71.3 cm³/mol. The van der Waals surface area contributed by atoms with Crippen LogP contribution in [0.3, 0.4) is 0 Å². The second kappa shape index (κ2) is 5.54. The fourth-order valence-electron chi connectivity index (χ4n) is 1.56. The Balaban J connectivity index is 2.25. The van der Waals surface area contributed by atoms with Gasteiger partial charge in [-0.3, -0.25) is 0 Å². The highest BCUT2D eigenvalue weighted by molar-refractivity contribution is 6.30. The summed E-state index contributed by atoms with van der Waals surface area (Å²) in [5.41, 5.74) is -0.0709. The van der Waals surface area contributed by atoms with Gasteiger partial charge in [-0.2, -0.15) is 17.9 Å². The molecule has 2 aromatic rings. The van der Waals surface area contributed by atoms with Gasteiger partial charge in [0.25, 0.3) is 0 Å². The Hall–Kier alpha value is -2.01. The number of alkyl halides is 3. The molecule has 0 aliphatic heterocycles. The summed E-state index contributed by atoms with van der Waals surface area (Å²) < 4.78 is 37.7. The van der Waals surface area contributed by atoms with E-state index >= 15 is 0 Å². The molecule has 0 heterocycles. The molecule has 2 rings (SSSR count). The molecule has 0 radical (unpaired) electrons. The molecule has 0 N–H and O–H groups in total. The van der Waals surface area contributed by atoms with Crippen molar-refractivity contribution in [1.29, 1.82) is 0 Å². The van der Waals surface area contributed by atoms with Crippen molar-refractivity contribution >= 4 is 23.5 Å². The second-order valence-corrected chi connectivity index (χ2v) is 4.49. The van der Waals surface area contributed by atoms with Crippen LogP contribution in [0.25, 0.3) is 0 Å². The molecule has 0 aliphatic rings. The van der Waals surface area contributed by atoms with Crippen LogP contribution in [-0.2, 0) is 6.18 Å². The summed E-state index contributed by atoms with van der Waals surface area (Å²) in [5.74, 6) is 0. The van der Waals surface area contributed by atoms with Gasteiger partial charge in [-0.15, -0.1) is 0 Å². The van der Waals surface area contributed by atoms with E-state index in [1.807, 2.05) is 0 Å². The Kier molecular flexibility index (Phi) is 3.99. The Morgan fingerprint density at radius 3 is 2.00 bits per heavy atom. The minimum Gasteiger partial charge on any atom is -0.618 e. The van der Waals surface area contributed by atoms with E-state index in [9.17, 15) is 18.4 Å². The van der Waals surface area contributed by atoms with Gasteiger partial charge in [0.15, 0.2) is 6.21 Å². The zero-order valence-corrected chi connectivity index (χ0v) is 10.8. The second-order valence-electron chi connectivity index (χ2n) is 4.05. The maximum Gasteiger partial charge on any atom is 0.416 e. The molecule has 104 valence electrons. The molecule has 0 spiro atoms. The lowest BCUT2D eigenvalue weighted by molar-refractivity contribution is -0.354. The van der Waals surface area contributed by atoms with E-state index in [4.69, 9.17) is 11.6 Å². The lowest BCUT2D eigenvalue weighted by Crippen LogP contribution is -2.05. The highest BCUT2D eigenvalue weighted by Crippen LogP contribution is 2.30. The van der Waals surface area contributed by atoms with Crippen LogP contribution >= 0.6 is 11.6 Å². The van der Waals surface area contributed by atoms with Gasteiger partial charge in [0, 0.05) is 22.7 Å². The van der Waals surface area contributed by atoms with Crippen LogP contribution < -0.4 is 0 Å². The summed E-state index contributed by atoms with van der Waals surface area (Å²) in [6.45, 7) is 0. The largest absolute Gasteiger partial charge is 0.618 e. The van der Waals surface area contributed by atoms with Crippen molar-refractivity contribution in [3.8, 4) is 0 Å². The number of hydrogen-bond acceptors (Lipinski definition) is 1. The lowest BCUT2D eigenvalue weighted by atomic mass is 10.2. The maximum atomic E-state index is 12.4. The van der Waals surface area contributed by atoms with Gasteiger partial charge < -0.3 is 5.21 Å². The first-order valence-corrected chi connectivity index (χ1v) is 5.98. The standard InChI is InChI=1S/C14H9ClF3NO/c15-12-5-1-10(2-6-12)9-19(20)13-7-3-11(4-8-13)14(16,17)18/h1-9H. The molecule has 6 heteroatoms. The average Bonchev–Trinajstić information content (AvgIpc) is 2.40. The molecular weight excluding hydrogens is 291 g/mol. The molecule has 0 fully saturated rings. The summed E-state index contributed by atoms with van der Waals surface area (Å²) in [7, 11) is 0. The van der Waals surface area contributed by atoms with E-state index in [-0.39, 0.29) is 5.69 Å². The first-order chi connectivity index (χ1) is 9.36. The number of hydrogen-bond donors (Lipinski definition) is 0. The van der Waals surface area contributed by atoms with Gasteiger partial charge in [0.05, 0.1) is 5.56 Å². The van der Waals surface area contributed by atoms with E-state index < -0.39 is 11.7 Å². The molecule has 0 bridgehead atoms. The smallest absolute Gasteiger partial charge is 0.416 e. The van der Waals surface area contributed by atoms with E-state index in [2.05, 4.69) is 0 Å². The molecule has 0 aromatic heterocycles. The van der Waals surface area contributed by atoms with Gasteiger partial charge in [0.1, 0.15) is 0 Å². The third-order valence-corrected chi connectivity index (χ3v) is 2.84. The quantitative estimate of drug-likeness (QED) is 0.344. The number of rotatable bonds is 2. The first kappa shape index (κ1) is 14.4. The van der Waals surface area contributed by atoms with Crippen molar-refractivity contribution < 1.29 is 17.9 Å². The predicted octanol–water partition coefficient (Wildman–Crippen LogP) is 4.62. The third kappa shape index (κ3) is 3.51. The monoisotopic (exact) mass is 299 g/mol. The summed E-state index contributed by atoms with van der Waals surface area (Å²) in [5, 5.41) is 12.3. The van der Waals surface area contributed by atoms with Crippen molar-refractivity contribution in [2.24, 2.45) is 0 Å². The highest BCUT2D eigenvalue weighted by Gasteiger charge is 2.30. The summed E-state index contributed by atoms with van der Waals surface area (Å²) >= 11 is 5.71. The Morgan fingerprint density at radius 1 is 0.950 bits per heavy atom. The Labute approximate surface area is 118 Å². The van der Waals surface area contributed by atoms with Gasteiger partial charge >= 0.3 is 6.18 Å². The molecule has 2 aromatic carbocycles. The van der Waals surface area contributed by atoms with Crippen LogP contribution in [0.15, 0.2) is 48.5 Å². The van der Waals surface area contributed by atoms with Crippen LogP contribution in [0, 0.1) is 5.21 Å². The number of nitrogens with zero attached hydrogens (tertiary/aromatic N) is 1. The zero-order chi connectivity index (χ0) is 14.8. The minimum absolute atomic E-state index is 0.118. The Bertz CT molecular complexity index is 618. The van der Waals surface area contributed by atoms with Crippen LogP contribution in [-0.4, -0.2) is 11.0 Å². The van der Waals surface area contributed by atoms with E-state index in [0.29, 0.717) is 15.3 Å². The van der Waals surface area contributed by atoms with Crippen molar-refractivity contribution in [1.82, 2.24) is 0 Å². The van der Waals surface area contributed by atoms with Crippen LogP contribution in [0.1, 0.15) is 11.1 Å². The van der Waals surface area contributed by atoms with Crippen LogP contribution in [0.5, 0.6) is 0 Å². The minimum atomic E-state index is -4.41. The Morgan fingerprint density at radius 2 is 1.50 bits per heavy atom. The van der Waals surface area contributed by atoms with Crippen molar-refractivity contribution in [3.63, 3.8) is 0 Å². The molecule has 0 aliphatic carbocycles. The topological polar surface area (TPSA) is 26.1 Å². The van der Waals surface area contributed by atoms with E-state index in [1.165, 1.54) is 6.21 Å². The van der Waals surface area contributed by atoms with E-state index in [0.717, 1.165) is 24.3 Å². The summed E-state index contributed by atoms with van der Waals surface area (Å²) in [6.07, 6.45) is -3.15. The van der Waals surface area contributed by atoms with Gasteiger partial charge in [-0.05, 0) is 36.4 Å². The number of benzene rings is 2. The van der Waals surface area contributed by atoms with Crippen molar-refractivity contribution in [2.45, 2.75) is 6.18 Å². The molecule has 0 saturated carbocycles. The molecule has 20 heavy (non-hydrogen) atoms. The number of halogens is 4. The molecule has 0 amide bonds. The molecule has 2 nitrogen and oxygen atoms in total. The highest BCUT2D eigenvalue weighted by atomic mass is 35.5. The van der Waals surface area contributed by atoms with Crippen molar-refractivity contribution in [2.75, 3.05) is 0 Å². The molecule has 0 atom stereocenters. The van der Waals surface area contributed by atoms with Gasteiger partial charge in [0.2, 0.25) is 5.69 Å². The lowest BCUT2D eigenvalue weighted by Gasteiger charge is -2.07. The third-order valence-electron chi connectivity index (χ3n) is 2.59. The fourth-order valence-corrected chi connectivity index (χ4v) is 1.68. The maximum absolute atomic E-state index is 12.4. The molecular formula is C14H9ClF3NO. The summed E-state index contributed by atoms with van der Waals surface area (Å²) in [6, 6.07) is 10.5. The SMILES string of the molecule is [O-][N+](=Cc1ccc(Cl)cc1)c1ccc(C(F)(F)F)cc1. The van der Waals surface area contributed by atoms with Gasteiger partial charge in [-0.1, -0.05) is 11.6 Å². The molecule has 0 unspecified atom stereocenters. The van der Waals surface area contributed by atoms with Crippen LogP contribution in [0.2, 0.25) is 5.02 Å². The average molecular weight is 300 g/mol. The van der Waals surface area contributed by atoms with Gasteiger partial charge in [-0.25, -0.2) is 0 Å². The summed E-state index contributed by atoms with van der Waals surface area (Å²) in [4.78, 5) is 0. The normalized spacial score (nSPS) is 12.5. The zero-order valence-electron chi connectivity index (χ0n) is 10.1. The first-order valence-electron chi connectivity index (χ1n) is 5.60. The fraction of sp³-hybridized carbons (Fsp3) is 0.0714. The molecule has 0 saturated heterocycles. The van der Waals surface area contributed by atoms with Crippen LogP contribution in [0.4, 0.5) is 18.9 Å². The van der Waals surface area contributed by atoms with Crippen molar-refractivity contribution in [3.05, 3.63) is 69.9 Å². The van der Waals surface area contributed by atoms with E-state index in [1.54, 1.807) is 24.3 Å².